The number of piperazine rings is 1. The van der Waals surface area contributed by atoms with E-state index >= 15 is 0 Å². The Bertz CT molecular complexity index is 1260. The molecule has 2 aliphatic heterocycles. The van der Waals surface area contributed by atoms with Crippen molar-refractivity contribution in [3.63, 3.8) is 0 Å². The number of halogens is 3. The third-order valence-corrected chi connectivity index (χ3v) is 9.78. The summed E-state index contributed by atoms with van der Waals surface area (Å²) in [5, 5.41) is 7.80. The lowest BCUT2D eigenvalue weighted by atomic mass is 9.79. The fourth-order valence-electron chi connectivity index (χ4n) is 7.18. The molecule has 5 rings (SSSR count). The van der Waals surface area contributed by atoms with Crippen molar-refractivity contribution in [2.75, 3.05) is 19.6 Å². The second-order valence-electron chi connectivity index (χ2n) is 12.5. The molecule has 1 N–H and O–H groups in total. The van der Waals surface area contributed by atoms with Gasteiger partial charge in [-0.05, 0) is 69.7 Å². The summed E-state index contributed by atoms with van der Waals surface area (Å²) in [7, 11) is 0. The minimum Gasteiger partial charge on any atom is -0.342 e. The Morgan fingerprint density at radius 3 is 2.31 bits per heavy atom. The van der Waals surface area contributed by atoms with Crippen molar-refractivity contribution in [1.82, 2.24) is 24.9 Å². The second-order valence-corrected chi connectivity index (χ2v) is 12.5. The quantitative estimate of drug-likeness (QED) is 0.415. The van der Waals surface area contributed by atoms with Crippen molar-refractivity contribution in [3.05, 3.63) is 46.8 Å². The van der Waals surface area contributed by atoms with Crippen LogP contribution in [0, 0.1) is 19.8 Å². The SMILES string of the molecule is CCCCN1C(=O)C(CC2CCCCC2)NC(=O)C12CCN(Cc1c(C)nn(-c3ccc(C(F)(F)F)cc3)c1C)CC2. The number of amides is 2. The summed E-state index contributed by atoms with van der Waals surface area (Å²) >= 11 is 0. The first kappa shape index (κ1) is 30.6. The van der Waals surface area contributed by atoms with Crippen molar-refractivity contribution < 1.29 is 22.8 Å². The highest BCUT2D eigenvalue weighted by Crippen LogP contribution is 2.37. The van der Waals surface area contributed by atoms with Crippen LogP contribution < -0.4 is 5.32 Å². The predicted molar refractivity (Wildman–Crippen MR) is 155 cm³/mol. The fraction of sp³-hybridized carbons (Fsp3) is 0.656. The van der Waals surface area contributed by atoms with E-state index in [0.717, 1.165) is 61.2 Å². The number of carbonyl (C=O) groups is 2. The highest BCUT2D eigenvalue weighted by molar-refractivity contribution is 6.00. The Morgan fingerprint density at radius 1 is 1.02 bits per heavy atom. The Balaban J connectivity index is 1.27. The number of likely N-dealkylation sites (tertiary alicyclic amines) is 1. The van der Waals surface area contributed by atoms with E-state index in [1.807, 2.05) is 18.7 Å². The Labute approximate surface area is 246 Å². The van der Waals surface area contributed by atoms with Gasteiger partial charge in [-0.15, -0.1) is 0 Å². The van der Waals surface area contributed by atoms with Crippen molar-refractivity contribution in [3.8, 4) is 5.69 Å². The van der Waals surface area contributed by atoms with Crippen LogP contribution in [0.4, 0.5) is 13.2 Å². The topological polar surface area (TPSA) is 70.5 Å². The molecule has 3 heterocycles. The van der Waals surface area contributed by atoms with E-state index < -0.39 is 23.3 Å². The fourth-order valence-corrected chi connectivity index (χ4v) is 7.18. The van der Waals surface area contributed by atoms with Crippen LogP contribution in [0.3, 0.4) is 0 Å². The van der Waals surface area contributed by atoms with Crippen LogP contribution in [0.2, 0.25) is 0 Å². The molecule has 0 bridgehead atoms. The molecule has 1 saturated carbocycles. The molecule has 230 valence electrons. The average molecular weight is 588 g/mol. The van der Waals surface area contributed by atoms with Crippen molar-refractivity contribution in [1.29, 1.82) is 0 Å². The molecular formula is C32H44F3N5O2. The Hall–Kier alpha value is -2.88. The number of nitrogens with zero attached hydrogens (tertiary/aromatic N) is 4. The molecule has 2 aromatic rings. The van der Waals surface area contributed by atoms with Gasteiger partial charge in [-0.1, -0.05) is 45.4 Å². The molecule has 2 amide bonds. The van der Waals surface area contributed by atoms with Crippen LogP contribution in [0.25, 0.3) is 5.69 Å². The number of unbranched alkanes of at least 4 members (excludes halogenated alkanes) is 1. The van der Waals surface area contributed by atoms with E-state index in [-0.39, 0.29) is 11.8 Å². The number of piperidine rings is 1. The zero-order valence-corrected chi connectivity index (χ0v) is 25.1. The maximum Gasteiger partial charge on any atom is 0.416 e. The molecular weight excluding hydrogens is 543 g/mol. The van der Waals surface area contributed by atoms with Gasteiger partial charge in [-0.25, -0.2) is 4.68 Å². The van der Waals surface area contributed by atoms with E-state index in [9.17, 15) is 22.8 Å². The van der Waals surface area contributed by atoms with Crippen molar-refractivity contribution in [2.24, 2.45) is 5.92 Å². The molecule has 0 radical (unpaired) electrons. The van der Waals surface area contributed by atoms with Crippen LogP contribution in [0.5, 0.6) is 0 Å². The first-order chi connectivity index (χ1) is 20.0. The predicted octanol–water partition coefficient (Wildman–Crippen LogP) is 5.94. The van der Waals surface area contributed by atoms with E-state index in [4.69, 9.17) is 0 Å². The van der Waals surface area contributed by atoms with Crippen LogP contribution in [0.1, 0.15) is 93.6 Å². The molecule has 10 heteroatoms. The lowest BCUT2D eigenvalue weighted by Crippen LogP contribution is -2.73. The average Bonchev–Trinajstić information content (AvgIpc) is 3.25. The lowest BCUT2D eigenvalue weighted by Gasteiger charge is -2.52. The van der Waals surface area contributed by atoms with Crippen molar-refractivity contribution in [2.45, 2.75) is 109 Å². The van der Waals surface area contributed by atoms with Gasteiger partial charge in [0.25, 0.3) is 0 Å². The summed E-state index contributed by atoms with van der Waals surface area (Å²) in [5.74, 6) is 0.597. The standard InChI is InChI=1S/C32H44F3N5O2/c1-4-5-17-39-29(41)28(20-24-9-7-6-8-10-24)36-30(42)31(39)15-18-38(19-16-31)21-27-22(2)37-40(23(27)3)26-13-11-25(12-14-26)32(33,34)35/h11-14,24,28H,4-10,15-21H2,1-3H3,(H,36,42). The van der Waals surface area contributed by atoms with Gasteiger partial charge in [0.2, 0.25) is 11.8 Å². The molecule has 42 heavy (non-hydrogen) atoms. The number of alkyl halides is 3. The normalized spacial score (nSPS) is 22.1. The number of nitrogens with one attached hydrogen (secondary N) is 1. The zero-order chi connectivity index (χ0) is 30.1. The number of aromatic nitrogens is 2. The first-order valence-electron chi connectivity index (χ1n) is 15.6. The summed E-state index contributed by atoms with van der Waals surface area (Å²) in [6.07, 6.45) is 5.33. The molecule has 3 aliphatic rings. The van der Waals surface area contributed by atoms with E-state index in [1.54, 1.807) is 4.68 Å². The maximum atomic E-state index is 13.8. The zero-order valence-electron chi connectivity index (χ0n) is 25.1. The molecule has 7 nitrogen and oxygen atoms in total. The smallest absolute Gasteiger partial charge is 0.342 e. The van der Waals surface area contributed by atoms with Crippen LogP contribution in [0.15, 0.2) is 24.3 Å². The summed E-state index contributed by atoms with van der Waals surface area (Å²) in [5.41, 5.74) is 1.83. The van der Waals surface area contributed by atoms with Gasteiger partial charge >= 0.3 is 6.18 Å². The summed E-state index contributed by atoms with van der Waals surface area (Å²) < 4.78 is 40.8. The van der Waals surface area contributed by atoms with Crippen LogP contribution in [-0.2, 0) is 22.3 Å². The monoisotopic (exact) mass is 587 g/mol. The van der Waals surface area contributed by atoms with Gasteiger partial charge < -0.3 is 10.2 Å². The maximum absolute atomic E-state index is 13.8. The number of rotatable bonds is 8. The van der Waals surface area contributed by atoms with Crippen LogP contribution >= 0.6 is 0 Å². The molecule has 1 aromatic heterocycles. The number of benzene rings is 1. The minimum atomic E-state index is -4.38. The summed E-state index contributed by atoms with van der Waals surface area (Å²) in [6.45, 7) is 8.54. The van der Waals surface area contributed by atoms with Gasteiger partial charge in [-0.3, -0.25) is 14.5 Å². The molecule has 3 fully saturated rings. The van der Waals surface area contributed by atoms with E-state index in [0.29, 0.717) is 50.6 Å². The molecule has 1 spiro atoms. The number of hydrogen-bond donors (Lipinski definition) is 1. The third-order valence-electron chi connectivity index (χ3n) is 9.78. The molecule has 1 atom stereocenters. The largest absolute Gasteiger partial charge is 0.416 e. The Kier molecular flexibility index (Phi) is 9.02. The minimum absolute atomic E-state index is 0.00106. The molecule has 1 aromatic carbocycles. The van der Waals surface area contributed by atoms with E-state index in [2.05, 4.69) is 22.2 Å². The van der Waals surface area contributed by atoms with Crippen molar-refractivity contribution >= 4 is 11.8 Å². The molecule has 1 aliphatic carbocycles. The first-order valence-corrected chi connectivity index (χ1v) is 15.6. The van der Waals surface area contributed by atoms with E-state index in [1.165, 1.54) is 31.4 Å². The highest BCUT2D eigenvalue weighted by atomic mass is 19.4. The molecule has 2 saturated heterocycles. The van der Waals surface area contributed by atoms with Gasteiger partial charge in [0.05, 0.1) is 16.9 Å². The molecule has 1 unspecified atom stereocenters. The third kappa shape index (κ3) is 6.10. The summed E-state index contributed by atoms with van der Waals surface area (Å²) in [4.78, 5) is 31.8. The second kappa shape index (κ2) is 12.4. The number of carbonyl (C=O) groups excluding carboxylic acids is 2. The van der Waals surface area contributed by atoms with Gasteiger partial charge in [0, 0.05) is 37.4 Å². The van der Waals surface area contributed by atoms with Gasteiger partial charge in [-0.2, -0.15) is 18.3 Å². The van der Waals surface area contributed by atoms with Crippen LogP contribution in [-0.4, -0.2) is 62.6 Å². The summed E-state index contributed by atoms with van der Waals surface area (Å²) in [6, 6.07) is 4.64. The Morgan fingerprint density at radius 2 is 1.69 bits per heavy atom. The highest BCUT2D eigenvalue weighted by Gasteiger charge is 2.53. The number of aryl methyl sites for hydroxylation is 1. The van der Waals surface area contributed by atoms with Gasteiger partial charge in [0.1, 0.15) is 11.6 Å². The lowest BCUT2D eigenvalue weighted by molar-refractivity contribution is -0.162. The number of hydrogen-bond acceptors (Lipinski definition) is 4. The van der Waals surface area contributed by atoms with Gasteiger partial charge in [0.15, 0.2) is 0 Å².